The molecule has 0 N–H and O–H groups in total. The smallest absolute Gasteiger partial charge is 0.242 e. The van der Waals surface area contributed by atoms with Crippen LogP contribution in [-0.4, -0.2) is 39.2 Å². The van der Waals surface area contributed by atoms with Gasteiger partial charge in [0.1, 0.15) is 0 Å². The largest absolute Gasteiger partial charge is 0.505 e. The van der Waals surface area contributed by atoms with Crippen LogP contribution in [0.15, 0.2) is 22.3 Å². The molecule has 0 rings (SSSR count). The maximum absolute atomic E-state index is 11.5. The summed E-state index contributed by atoms with van der Waals surface area (Å²) in [6, 6.07) is -0.261. The Bertz CT molecular complexity index is 425. The first-order valence-electron chi connectivity index (χ1n) is 5.82. The van der Waals surface area contributed by atoms with Gasteiger partial charge in [-0.2, -0.15) is 0 Å². The number of rotatable bonds is 5. The van der Waals surface area contributed by atoms with Crippen LogP contribution in [0, 0.1) is 5.92 Å². The van der Waals surface area contributed by atoms with Crippen molar-refractivity contribution in [2.45, 2.75) is 33.2 Å². The number of nitrogens with zero attached hydrogens (tertiary/aromatic N) is 2. The van der Waals surface area contributed by atoms with Crippen LogP contribution in [0.2, 0.25) is 0 Å². The zero-order valence-corrected chi connectivity index (χ0v) is 12.4. The molecule has 0 saturated heterocycles. The van der Waals surface area contributed by atoms with E-state index in [2.05, 4.69) is 9.98 Å². The minimum Gasteiger partial charge on any atom is -0.505 e. The molecule has 0 aliphatic heterocycles. The maximum atomic E-state index is 11.5. The predicted molar refractivity (Wildman–Crippen MR) is 75.8 cm³/mol. The third-order valence-electron chi connectivity index (χ3n) is 2.47. The van der Waals surface area contributed by atoms with Crippen LogP contribution in [0.25, 0.3) is 0 Å². The molecule has 0 amide bonds. The van der Waals surface area contributed by atoms with Crippen molar-refractivity contribution in [3.05, 3.63) is 12.3 Å². The van der Waals surface area contributed by atoms with Gasteiger partial charge in [-0.1, -0.05) is 20.3 Å². The van der Waals surface area contributed by atoms with Gasteiger partial charge in [0, 0.05) is 12.5 Å². The first kappa shape index (κ1) is 16.8. The highest BCUT2D eigenvalue weighted by Crippen LogP contribution is 2.14. The van der Waals surface area contributed by atoms with Crippen LogP contribution >= 0.6 is 0 Å². The topological polar surface area (TPSA) is 68.1 Å². The van der Waals surface area contributed by atoms with Crippen LogP contribution in [-0.2, 0) is 14.6 Å². The number of amidine groups is 1. The highest BCUT2D eigenvalue weighted by molar-refractivity contribution is 8.05. The summed E-state index contributed by atoms with van der Waals surface area (Å²) in [5, 5.41) is -0.143. The molecule has 0 fully saturated rings. The normalized spacial score (nSPS) is 17.3. The fourth-order valence-electron chi connectivity index (χ4n) is 1.22. The first-order valence-corrected chi connectivity index (χ1v) is 7.71. The third kappa shape index (κ3) is 5.95. The van der Waals surface area contributed by atoms with Crippen molar-refractivity contribution in [3.8, 4) is 0 Å². The van der Waals surface area contributed by atoms with Crippen molar-refractivity contribution in [2.24, 2.45) is 15.9 Å². The molecule has 0 aliphatic carbocycles. The third-order valence-corrected chi connectivity index (χ3v) is 3.34. The predicted octanol–water partition coefficient (Wildman–Crippen LogP) is 2.05. The molecule has 1 unspecified atom stereocenters. The molecular weight excluding hydrogens is 252 g/mol. The molecule has 6 heteroatoms. The molecule has 0 aromatic heterocycles. The van der Waals surface area contributed by atoms with E-state index in [0.717, 1.165) is 12.7 Å². The van der Waals surface area contributed by atoms with Crippen LogP contribution in [0.3, 0.4) is 0 Å². The van der Waals surface area contributed by atoms with Crippen molar-refractivity contribution in [1.82, 2.24) is 0 Å². The van der Waals surface area contributed by atoms with E-state index in [9.17, 15) is 8.42 Å². The van der Waals surface area contributed by atoms with E-state index >= 15 is 0 Å². The molecule has 0 bridgehead atoms. The minimum absolute atomic E-state index is 0.143. The van der Waals surface area contributed by atoms with Crippen LogP contribution in [0.5, 0.6) is 0 Å². The van der Waals surface area contributed by atoms with E-state index in [1.54, 1.807) is 13.0 Å². The van der Waals surface area contributed by atoms with Crippen molar-refractivity contribution >= 4 is 21.2 Å². The molecule has 104 valence electrons. The van der Waals surface area contributed by atoms with E-state index in [1.165, 1.54) is 19.6 Å². The molecule has 2 atom stereocenters. The monoisotopic (exact) mass is 274 g/mol. The molecule has 0 saturated carbocycles. The second-order valence-corrected chi connectivity index (χ2v) is 5.92. The fraction of sp³-hybridized carbons (Fsp3) is 0.667. The van der Waals surface area contributed by atoms with Gasteiger partial charge in [0.15, 0.2) is 0 Å². The summed E-state index contributed by atoms with van der Waals surface area (Å²) in [6.45, 7) is 5.69. The standard InChI is InChI=1S/C12H22N2O3S/c1-6-10(3)11(8-9-17-4)14-12(13-7-2)18(5,15)16/h7-11H,6H2,1-5H3/b9-8+,13-7?,14-12?/t10-,11?/m1/s1. The molecule has 5 nitrogen and oxygen atoms in total. The number of methoxy groups -OCH3 is 1. The van der Waals surface area contributed by atoms with Gasteiger partial charge in [-0.25, -0.2) is 18.4 Å². The molecule has 0 radical (unpaired) electrons. The van der Waals surface area contributed by atoms with Crippen molar-refractivity contribution in [3.63, 3.8) is 0 Å². The number of hydrogen-bond donors (Lipinski definition) is 0. The SMILES string of the molecule is CC=NC(=NC(/C=C/OC)[C@H](C)CC)S(C)(=O)=O. The Labute approximate surface area is 110 Å². The lowest BCUT2D eigenvalue weighted by molar-refractivity contribution is 0.333. The van der Waals surface area contributed by atoms with E-state index in [0.29, 0.717) is 0 Å². The Morgan fingerprint density at radius 3 is 2.44 bits per heavy atom. The summed E-state index contributed by atoms with van der Waals surface area (Å²) < 4.78 is 27.9. The van der Waals surface area contributed by atoms with Gasteiger partial charge in [-0.3, -0.25) is 0 Å². The minimum atomic E-state index is -3.41. The molecule has 0 aromatic rings. The van der Waals surface area contributed by atoms with E-state index < -0.39 is 9.84 Å². The summed E-state index contributed by atoms with van der Waals surface area (Å²) in [6.07, 6.45) is 6.66. The Kier molecular flexibility index (Phi) is 7.50. The fourth-order valence-corrected chi connectivity index (χ4v) is 1.83. The van der Waals surface area contributed by atoms with E-state index in [1.807, 2.05) is 13.8 Å². The molecule has 18 heavy (non-hydrogen) atoms. The molecule has 0 aromatic carbocycles. The second-order valence-electron chi connectivity index (χ2n) is 4.01. The van der Waals surface area contributed by atoms with Crippen molar-refractivity contribution < 1.29 is 13.2 Å². The number of aliphatic imine (C=N–C) groups is 2. The number of ether oxygens (including phenoxy) is 1. The molecule has 0 heterocycles. The second kappa shape index (κ2) is 8.02. The van der Waals surface area contributed by atoms with Crippen LogP contribution in [0.1, 0.15) is 27.2 Å². The first-order chi connectivity index (χ1) is 8.36. The Balaban J connectivity index is 5.40. The number of sulfone groups is 1. The molecular formula is C12H22N2O3S. The summed E-state index contributed by atoms with van der Waals surface area (Å²) in [4.78, 5) is 8.03. The summed E-state index contributed by atoms with van der Waals surface area (Å²) in [5.74, 6) is 0.209. The quantitative estimate of drug-likeness (QED) is 0.438. The van der Waals surface area contributed by atoms with E-state index in [-0.39, 0.29) is 17.1 Å². The molecule has 0 aliphatic rings. The summed E-state index contributed by atoms with van der Waals surface area (Å²) in [5.41, 5.74) is 0. The van der Waals surface area contributed by atoms with Crippen molar-refractivity contribution in [2.75, 3.05) is 13.4 Å². The summed E-state index contributed by atoms with van der Waals surface area (Å²) in [7, 11) is -1.87. The average molecular weight is 274 g/mol. The Morgan fingerprint density at radius 1 is 1.44 bits per heavy atom. The number of hydrogen-bond acceptors (Lipinski definition) is 4. The Morgan fingerprint density at radius 2 is 2.06 bits per heavy atom. The van der Waals surface area contributed by atoms with Gasteiger partial charge in [0.25, 0.3) is 0 Å². The Hall–Kier alpha value is -1.17. The lowest BCUT2D eigenvalue weighted by Gasteiger charge is -2.15. The highest BCUT2D eigenvalue weighted by Gasteiger charge is 2.17. The van der Waals surface area contributed by atoms with E-state index in [4.69, 9.17) is 4.74 Å². The van der Waals surface area contributed by atoms with Crippen LogP contribution in [0.4, 0.5) is 0 Å². The average Bonchev–Trinajstić information content (AvgIpc) is 2.30. The van der Waals surface area contributed by atoms with Gasteiger partial charge >= 0.3 is 0 Å². The lowest BCUT2D eigenvalue weighted by Crippen LogP contribution is -2.19. The van der Waals surface area contributed by atoms with Gasteiger partial charge < -0.3 is 4.74 Å². The van der Waals surface area contributed by atoms with Gasteiger partial charge in [-0.05, 0) is 18.9 Å². The van der Waals surface area contributed by atoms with Crippen molar-refractivity contribution in [1.29, 1.82) is 0 Å². The lowest BCUT2D eigenvalue weighted by atomic mass is 10.00. The zero-order valence-electron chi connectivity index (χ0n) is 11.6. The van der Waals surface area contributed by atoms with Crippen LogP contribution < -0.4 is 0 Å². The van der Waals surface area contributed by atoms with Gasteiger partial charge in [0.2, 0.25) is 15.0 Å². The molecule has 0 spiro atoms. The maximum Gasteiger partial charge on any atom is 0.242 e. The van der Waals surface area contributed by atoms with Gasteiger partial charge in [0.05, 0.1) is 19.4 Å². The summed E-state index contributed by atoms with van der Waals surface area (Å²) >= 11 is 0. The van der Waals surface area contributed by atoms with Gasteiger partial charge in [-0.15, -0.1) is 0 Å². The zero-order chi connectivity index (χ0) is 14.2. The highest BCUT2D eigenvalue weighted by atomic mass is 32.2.